The molecule has 0 aliphatic rings. The standard InChI is InChI=1S/C27H34FN5O6.C26H24ClF2N5O3.C14H10ClFN2O4.2CH4.2H2S/c1-26(2,3)38-24(35)32(7)21(12-20-14-33(16-30-20)25(36)39-27(4,5)6)15-37-23(34)31-22-11-18-10-19(28)9-8-17(18)13-29-22;1-34(24(35)8-6-16-3-2-4-22(29)25(16)27)21(11-20-13-30-15-32-20)14-37-26(36)33-23-10-18-9-19(28)7-5-17(18)12-31-23;15-13-9(2-1-3-12(13)16)8-17-14(19)22-11-6-4-10(5-7-11)18(20)21;;;;/h8-11,13-14,16,21H,12,15H2,1-7H3,(H,29,31,34);2-5,7,9-10,12-13,15,21H,6,8,11,14H2,1H3,(H,30,32)(H,31,33,36);1-7H,8H2,(H,17,19);2*1H4;2*1H2/t2*21-;;;;;/m00...../s1. The van der Waals surface area contributed by atoms with Gasteiger partial charge < -0.3 is 43.8 Å². The van der Waals surface area contributed by atoms with Gasteiger partial charge in [0.05, 0.1) is 39.1 Å². The number of aromatic nitrogens is 6. The number of halogens is 6. The average molecular weight is 1500 g/mol. The number of likely N-dealkylation sites (N-methyl/N-ethyl adjacent to an activating group) is 2. The molecule has 9 aromatic rings. The van der Waals surface area contributed by atoms with Crippen LogP contribution in [0.1, 0.15) is 85.3 Å². The molecular formula is C69H80Cl2F4N12O13S2. The summed E-state index contributed by atoms with van der Waals surface area (Å²) in [7, 11) is 3.13. The van der Waals surface area contributed by atoms with Crippen LogP contribution in [0.3, 0.4) is 0 Å². The number of benzene rings is 5. The van der Waals surface area contributed by atoms with Crippen molar-refractivity contribution in [2.45, 2.75) is 112 Å². The van der Waals surface area contributed by atoms with E-state index in [-0.39, 0.29) is 120 Å². The fraction of sp³-hybridized carbons (Fsp3) is 0.304. The van der Waals surface area contributed by atoms with E-state index in [4.69, 9.17) is 46.9 Å². The topological polar surface area (TPSA) is 307 Å². The summed E-state index contributed by atoms with van der Waals surface area (Å²) >= 11 is 11.8. The molecule has 0 saturated carbocycles. The van der Waals surface area contributed by atoms with E-state index in [1.54, 1.807) is 85.1 Å². The van der Waals surface area contributed by atoms with Crippen LogP contribution >= 0.6 is 50.2 Å². The van der Waals surface area contributed by atoms with Crippen molar-refractivity contribution in [1.29, 1.82) is 0 Å². The Bertz CT molecular complexity index is 4310. The zero-order chi connectivity index (χ0) is 71.4. The SMILES string of the molecule is C.C.CN(C(=O)CCc1cccc(F)c1Cl)[C@H](COC(=O)Nc1cc2cc(F)ccc2cn1)Cc1cnc[nH]1.CN(C(=O)OC(C)(C)C)[C@H](COC(=O)Nc1cc2cc(F)ccc2cn1)Cc1cn(C(=O)OC(C)(C)C)cn1.O=C(NCc1cccc(F)c1Cl)Oc1ccc([N+](=O)[O-])cc1.S.S. The molecule has 9 rings (SSSR count). The molecule has 0 aliphatic heterocycles. The van der Waals surface area contributed by atoms with Crippen molar-refractivity contribution in [3.8, 4) is 5.75 Å². The largest absolute Gasteiger partial charge is 0.447 e. The lowest BCUT2D eigenvalue weighted by Crippen LogP contribution is -2.44. The van der Waals surface area contributed by atoms with Gasteiger partial charge in [0, 0.05) is 93.3 Å². The monoisotopic (exact) mass is 1490 g/mol. The van der Waals surface area contributed by atoms with Crippen LogP contribution in [-0.2, 0) is 49.5 Å². The number of H-pyrrole nitrogens is 1. The third kappa shape index (κ3) is 27.0. The third-order valence-corrected chi connectivity index (χ3v) is 14.7. The Hall–Kier alpha value is -10.2. The second-order valence-electron chi connectivity index (χ2n) is 23.6. The number of pyridine rings is 2. The molecule has 2 atom stereocenters. The molecule has 4 N–H and O–H groups in total. The number of imidazole rings is 2. The molecular weight excluding hydrogens is 1420 g/mol. The molecule has 0 unspecified atom stereocenters. The first-order chi connectivity index (χ1) is 46.4. The molecule has 0 aliphatic carbocycles. The van der Waals surface area contributed by atoms with Crippen molar-refractivity contribution in [2.24, 2.45) is 0 Å². The minimum absolute atomic E-state index is 0. The van der Waals surface area contributed by atoms with Crippen LogP contribution in [0, 0.1) is 33.4 Å². The lowest BCUT2D eigenvalue weighted by Gasteiger charge is -2.30. The summed E-state index contributed by atoms with van der Waals surface area (Å²) in [4.78, 5) is 107. The van der Waals surface area contributed by atoms with Gasteiger partial charge in [0.1, 0.15) is 71.4 Å². The molecule has 5 amide bonds. The van der Waals surface area contributed by atoms with Gasteiger partial charge in [0.25, 0.3) is 5.69 Å². The predicted molar refractivity (Wildman–Crippen MR) is 389 cm³/mol. The summed E-state index contributed by atoms with van der Waals surface area (Å²) < 4.78 is 81.8. The fourth-order valence-electron chi connectivity index (χ4n) is 8.85. The molecule has 0 radical (unpaired) electrons. The van der Waals surface area contributed by atoms with Gasteiger partial charge in [-0.3, -0.25) is 25.5 Å². The molecule has 33 heteroatoms. The van der Waals surface area contributed by atoms with Crippen molar-refractivity contribution >= 4 is 125 Å². The second-order valence-corrected chi connectivity index (χ2v) is 24.4. The number of fused-ring (bicyclic) bond motifs is 2. The number of aryl methyl sites for hydroxylation is 1. The highest BCUT2D eigenvalue weighted by Gasteiger charge is 2.29. The molecule has 0 bridgehead atoms. The highest BCUT2D eigenvalue weighted by Crippen LogP contribution is 2.25. The molecule has 102 heavy (non-hydrogen) atoms. The van der Waals surface area contributed by atoms with Crippen LogP contribution < -0.4 is 20.7 Å². The van der Waals surface area contributed by atoms with Gasteiger partial charge >= 0.3 is 30.5 Å². The number of non-ortho nitro benzene ring substituents is 1. The van der Waals surface area contributed by atoms with E-state index in [2.05, 4.69) is 40.9 Å². The number of nitrogens with one attached hydrogen (secondary N) is 4. The van der Waals surface area contributed by atoms with Gasteiger partial charge in [-0.25, -0.2) is 66.0 Å². The van der Waals surface area contributed by atoms with Crippen LogP contribution in [0.25, 0.3) is 21.5 Å². The number of rotatable bonds is 19. The number of ether oxygens (including phenoxy) is 5. The second kappa shape index (κ2) is 39.7. The Kier molecular flexibility index (Phi) is 33.4. The highest BCUT2D eigenvalue weighted by atomic mass is 35.5. The van der Waals surface area contributed by atoms with Crippen molar-refractivity contribution in [1.82, 2.24) is 44.6 Å². The Morgan fingerprint density at radius 3 is 1.68 bits per heavy atom. The van der Waals surface area contributed by atoms with Crippen molar-refractivity contribution in [2.75, 3.05) is 37.9 Å². The van der Waals surface area contributed by atoms with Crippen LogP contribution in [-0.4, -0.2) is 131 Å². The zero-order valence-electron chi connectivity index (χ0n) is 55.1. The first-order valence-electron chi connectivity index (χ1n) is 29.9. The van der Waals surface area contributed by atoms with Crippen molar-refractivity contribution < 1.29 is 74.9 Å². The molecule has 4 heterocycles. The Balaban J connectivity index is 0.000000404. The molecule has 5 aromatic carbocycles. The molecule has 4 aromatic heterocycles. The third-order valence-electron chi connectivity index (χ3n) is 13.9. The van der Waals surface area contributed by atoms with E-state index < -0.39 is 81.9 Å². The number of carbonyl (C=O) groups excluding carboxylic acids is 6. The maximum absolute atomic E-state index is 13.7. The smallest absolute Gasteiger partial charge is 0.419 e. The van der Waals surface area contributed by atoms with Gasteiger partial charge in [-0.2, -0.15) is 27.0 Å². The number of carbonyl (C=O) groups is 6. The first kappa shape index (κ1) is 86.0. The van der Waals surface area contributed by atoms with E-state index in [0.29, 0.717) is 39.4 Å². The quantitative estimate of drug-likeness (QED) is 0.0253. The van der Waals surface area contributed by atoms with Crippen LogP contribution in [0.15, 0.2) is 147 Å². The number of hydrogen-bond donors (Lipinski definition) is 4. The van der Waals surface area contributed by atoms with E-state index in [9.17, 15) is 56.4 Å². The normalized spacial score (nSPS) is 11.2. The Morgan fingerprint density at radius 1 is 0.647 bits per heavy atom. The van der Waals surface area contributed by atoms with Gasteiger partial charge in [0.2, 0.25) is 5.91 Å². The Morgan fingerprint density at radius 2 is 1.17 bits per heavy atom. The average Bonchev–Trinajstić information content (AvgIpc) is 1.17. The first-order valence-corrected chi connectivity index (χ1v) is 30.6. The summed E-state index contributed by atoms with van der Waals surface area (Å²) in [6, 6.07) is 24.1. The zero-order valence-corrected chi connectivity index (χ0v) is 58.6. The van der Waals surface area contributed by atoms with E-state index in [0.717, 1.165) is 11.1 Å². The summed E-state index contributed by atoms with van der Waals surface area (Å²) in [5.41, 5.74) is 0.612. The molecule has 25 nitrogen and oxygen atoms in total. The summed E-state index contributed by atoms with van der Waals surface area (Å²) in [5, 5.41) is 20.4. The summed E-state index contributed by atoms with van der Waals surface area (Å²) in [6.07, 6.45) is 6.20. The number of anilines is 2. The van der Waals surface area contributed by atoms with Crippen molar-refractivity contribution in [3.63, 3.8) is 0 Å². The van der Waals surface area contributed by atoms with Gasteiger partial charge in [0.15, 0.2) is 0 Å². The van der Waals surface area contributed by atoms with Crippen molar-refractivity contribution in [3.05, 3.63) is 213 Å². The summed E-state index contributed by atoms with van der Waals surface area (Å²) in [6.45, 7) is 10.1. The number of nitro benzene ring substituents is 1. The number of nitrogens with zero attached hydrogens (tertiary/aromatic N) is 8. The van der Waals surface area contributed by atoms with Crippen LogP contribution in [0.5, 0.6) is 5.75 Å². The number of hydrogen-bond acceptors (Lipinski definition) is 17. The molecule has 0 spiro atoms. The van der Waals surface area contributed by atoms with Gasteiger partial charge in [-0.05, 0) is 143 Å². The highest BCUT2D eigenvalue weighted by molar-refractivity contribution is 7.59. The van der Waals surface area contributed by atoms with E-state index in [1.165, 1.54) is 132 Å². The van der Waals surface area contributed by atoms with Crippen LogP contribution in [0.2, 0.25) is 10.0 Å². The van der Waals surface area contributed by atoms with Gasteiger partial charge in [-0.1, -0.05) is 62.3 Å². The van der Waals surface area contributed by atoms with E-state index >= 15 is 0 Å². The van der Waals surface area contributed by atoms with Gasteiger partial charge in [-0.15, -0.1) is 0 Å². The molecule has 548 valence electrons. The lowest BCUT2D eigenvalue weighted by atomic mass is 10.1. The summed E-state index contributed by atoms with van der Waals surface area (Å²) in [5.74, 6) is -1.64. The maximum Gasteiger partial charge on any atom is 0.419 e. The number of aromatic amines is 1. The molecule has 0 fully saturated rings. The van der Waals surface area contributed by atoms with E-state index in [1.807, 2.05) is 0 Å². The lowest BCUT2D eigenvalue weighted by molar-refractivity contribution is -0.384. The maximum atomic E-state index is 13.7. The fourth-order valence-corrected chi connectivity index (χ4v) is 9.27. The number of nitro groups is 1. The molecule has 0 saturated heterocycles. The Labute approximate surface area is 610 Å². The minimum atomic E-state index is -0.819. The predicted octanol–water partition coefficient (Wildman–Crippen LogP) is 15.7. The number of amides is 5. The minimum Gasteiger partial charge on any atom is -0.447 e. The van der Waals surface area contributed by atoms with Crippen LogP contribution in [0.4, 0.5) is 58.9 Å².